The van der Waals surface area contributed by atoms with Crippen LogP contribution in [0.3, 0.4) is 0 Å². The number of amides is 1. The number of carbonyl (C=O) groups excluding carboxylic acids is 1. The number of hydrogen-bond acceptors (Lipinski definition) is 2. The Kier molecular flexibility index (Phi) is 6.27. The quantitative estimate of drug-likeness (QED) is 0.326. The maximum atomic E-state index is 15.5. The van der Waals surface area contributed by atoms with Gasteiger partial charge in [-0.15, -0.1) is 0 Å². The molecule has 3 N–H and O–H groups in total. The van der Waals surface area contributed by atoms with Crippen LogP contribution in [0.2, 0.25) is 0 Å². The summed E-state index contributed by atoms with van der Waals surface area (Å²) in [6, 6.07) is 11.8. The summed E-state index contributed by atoms with van der Waals surface area (Å²) >= 11 is 0. The average Bonchev–Trinajstić information content (AvgIpc) is 3.39. The van der Waals surface area contributed by atoms with E-state index in [1.54, 1.807) is 6.07 Å². The first-order valence-electron chi connectivity index (χ1n) is 14.2. The highest BCUT2D eigenvalue weighted by Gasteiger charge is 2.67. The molecule has 0 spiro atoms. The largest absolute Gasteiger partial charge is 0.508 e. The number of aromatic hydroxyl groups is 1. The van der Waals surface area contributed by atoms with Crippen LogP contribution >= 0.6 is 0 Å². The van der Waals surface area contributed by atoms with Crippen LogP contribution in [0, 0.1) is 30.1 Å². The van der Waals surface area contributed by atoms with E-state index < -0.39 is 11.3 Å². The van der Waals surface area contributed by atoms with Gasteiger partial charge in [0, 0.05) is 41.9 Å². The molecule has 5 atom stereocenters. The van der Waals surface area contributed by atoms with Gasteiger partial charge in [0.2, 0.25) is 5.91 Å². The second-order valence-electron chi connectivity index (χ2n) is 12.3. The van der Waals surface area contributed by atoms with Gasteiger partial charge in [0.25, 0.3) is 5.92 Å². The fraction of sp³-hybridized carbons (Fsp3) is 0.531. The van der Waals surface area contributed by atoms with Gasteiger partial charge in [-0.05, 0) is 104 Å². The summed E-state index contributed by atoms with van der Waals surface area (Å²) in [5.41, 5.74) is 4.90. The average molecular weight is 521 g/mol. The molecule has 6 heteroatoms. The molecule has 1 heterocycles. The molecule has 3 unspecified atom stereocenters. The Morgan fingerprint density at radius 3 is 2.89 bits per heavy atom. The highest BCUT2D eigenvalue weighted by Crippen LogP contribution is 2.68. The topological polar surface area (TPSA) is 65.1 Å². The molecule has 0 saturated heterocycles. The van der Waals surface area contributed by atoms with Gasteiger partial charge in [0.1, 0.15) is 5.75 Å². The molecular weight excluding hydrogens is 482 g/mol. The molecule has 2 fully saturated rings. The molecule has 0 aliphatic heterocycles. The third-order valence-electron chi connectivity index (χ3n) is 10.3. The molecule has 3 aromatic rings. The van der Waals surface area contributed by atoms with Crippen LogP contribution in [0.15, 0.2) is 42.6 Å². The molecule has 0 radical (unpaired) electrons. The second-order valence-corrected chi connectivity index (χ2v) is 12.3. The molecule has 3 aliphatic carbocycles. The number of carbonyl (C=O) groups is 1. The summed E-state index contributed by atoms with van der Waals surface area (Å²) in [4.78, 5) is 16.1. The first-order valence-corrected chi connectivity index (χ1v) is 14.2. The van der Waals surface area contributed by atoms with E-state index in [4.69, 9.17) is 0 Å². The number of phenols is 1. The molecule has 2 aromatic carbocycles. The fourth-order valence-electron chi connectivity index (χ4n) is 8.40. The van der Waals surface area contributed by atoms with E-state index in [9.17, 15) is 9.90 Å². The van der Waals surface area contributed by atoms with Crippen LogP contribution in [0.25, 0.3) is 10.9 Å². The van der Waals surface area contributed by atoms with E-state index in [2.05, 4.69) is 29.4 Å². The highest BCUT2D eigenvalue weighted by molar-refractivity contribution is 5.86. The Morgan fingerprint density at radius 1 is 1.21 bits per heavy atom. The van der Waals surface area contributed by atoms with Gasteiger partial charge in [0.15, 0.2) is 0 Å². The van der Waals surface area contributed by atoms with E-state index in [1.807, 2.05) is 31.3 Å². The molecule has 1 amide bonds. The zero-order chi connectivity index (χ0) is 26.7. The number of phenolic OH excluding ortho intramolecular Hbond substituents is 1. The van der Waals surface area contributed by atoms with Gasteiger partial charge in [-0.3, -0.25) is 4.79 Å². The molecule has 2 saturated carbocycles. The lowest BCUT2D eigenvalue weighted by atomic mass is 9.53. The SMILES string of the molecule is Cc1cccc2c(CCNC(=O)CC[C@@H]3CC(F)(F)[C@@]4(C)CCC5c6ccc(O)cc6CCC5C34)c[nH]c12. The summed E-state index contributed by atoms with van der Waals surface area (Å²) in [5, 5.41) is 14.2. The number of aryl methyl sites for hydroxylation is 2. The Bertz CT molecular complexity index is 1360. The first-order chi connectivity index (χ1) is 18.2. The van der Waals surface area contributed by atoms with E-state index in [-0.39, 0.29) is 41.7 Å². The van der Waals surface area contributed by atoms with Gasteiger partial charge in [0.05, 0.1) is 0 Å². The number of para-hydroxylation sites is 1. The van der Waals surface area contributed by atoms with Gasteiger partial charge in [-0.25, -0.2) is 8.78 Å². The highest BCUT2D eigenvalue weighted by atomic mass is 19.3. The minimum absolute atomic E-state index is 0.0465. The summed E-state index contributed by atoms with van der Waals surface area (Å²) < 4.78 is 31.1. The van der Waals surface area contributed by atoms with E-state index in [0.29, 0.717) is 25.8 Å². The Morgan fingerprint density at radius 2 is 2.05 bits per heavy atom. The molecule has 38 heavy (non-hydrogen) atoms. The van der Waals surface area contributed by atoms with Crippen LogP contribution < -0.4 is 5.32 Å². The molecule has 202 valence electrons. The van der Waals surface area contributed by atoms with Gasteiger partial charge in [-0.2, -0.15) is 0 Å². The van der Waals surface area contributed by atoms with Crippen molar-refractivity contribution in [3.63, 3.8) is 0 Å². The molecular formula is C32H38F2N2O2. The van der Waals surface area contributed by atoms with Crippen molar-refractivity contribution in [2.24, 2.45) is 23.2 Å². The van der Waals surface area contributed by atoms with Crippen molar-refractivity contribution in [1.82, 2.24) is 10.3 Å². The van der Waals surface area contributed by atoms with Crippen molar-refractivity contribution < 1.29 is 18.7 Å². The lowest BCUT2D eigenvalue weighted by Gasteiger charge is -2.51. The van der Waals surface area contributed by atoms with Crippen molar-refractivity contribution in [3.05, 3.63) is 64.8 Å². The number of aromatic nitrogens is 1. The third kappa shape index (κ3) is 4.11. The van der Waals surface area contributed by atoms with Crippen molar-refractivity contribution in [2.75, 3.05) is 6.54 Å². The van der Waals surface area contributed by atoms with Crippen LogP contribution in [-0.2, 0) is 17.6 Å². The number of fused-ring (bicyclic) bond motifs is 6. The standard InChI is InChI=1S/C32H38F2N2O2/c1-19-4-3-5-25-22(18-36-30(19)25)13-15-35-28(38)11-7-21-17-32(33,34)31(2)14-12-26-24-10-8-23(37)16-20(24)6-9-27(26)29(21)31/h3-5,8,10,16,18,21,26-27,29,36-37H,6-7,9,11-15,17H2,1-2H3,(H,35,38)/t21-,26?,27?,29?,31+/m1/s1. The van der Waals surface area contributed by atoms with Crippen LogP contribution in [0.4, 0.5) is 8.78 Å². The Hall–Kier alpha value is -2.89. The summed E-state index contributed by atoms with van der Waals surface area (Å²) in [6.07, 6.45) is 6.42. The number of alkyl halides is 2. The van der Waals surface area contributed by atoms with Gasteiger partial charge < -0.3 is 15.4 Å². The number of H-pyrrole nitrogens is 1. The molecule has 0 bridgehead atoms. The number of hydrogen-bond donors (Lipinski definition) is 3. The van der Waals surface area contributed by atoms with Crippen LogP contribution in [-0.4, -0.2) is 28.5 Å². The predicted octanol–water partition coefficient (Wildman–Crippen LogP) is 7.04. The smallest absolute Gasteiger partial charge is 0.253 e. The minimum Gasteiger partial charge on any atom is -0.508 e. The van der Waals surface area contributed by atoms with Gasteiger partial charge >= 0.3 is 0 Å². The zero-order valence-corrected chi connectivity index (χ0v) is 22.3. The number of halogens is 2. The van der Waals surface area contributed by atoms with Crippen molar-refractivity contribution >= 4 is 16.8 Å². The zero-order valence-electron chi connectivity index (χ0n) is 22.3. The summed E-state index contributed by atoms with van der Waals surface area (Å²) in [5.74, 6) is -2.23. The number of rotatable bonds is 6. The third-order valence-corrected chi connectivity index (χ3v) is 10.3. The molecule has 4 nitrogen and oxygen atoms in total. The first kappa shape index (κ1) is 25.4. The van der Waals surface area contributed by atoms with Crippen molar-refractivity contribution in [2.45, 2.75) is 77.1 Å². The lowest BCUT2D eigenvalue weighted by molar-refractivity contribution is -0.133. The maximum absolute atomic E-state index is 15.5. The normalized spacial score (nSPS) is 29.5. The Labute approximate surface area is 223 Å². The van der Waals surface area contributed by atoms with E-state index >= 15 is 8.78 Å². The summed E-state index contributed by atoms with van der Waals surface area (Å²) in [6.45, 7) is 4.42. The molecule has 1 aromatic heterocycles. The van der Waals surface area contributed by atoms with Crippen molar-refractivity contribution in [3.8, 4) is 5.75 Å². The number of nitrogens with one attached hydrogen (secondary N) is 2. The predicted molar refractivity (Wildman–Crippen MR) is 146 cm³/mol. The lowest BCUT2D eigenvalue weighted by Crippen LogP contribution is -2.47. The summed E-state index contributed by atoms with van der Waals surface area (Å²) in [7, 11) is 0. The maximum Gasteiger partial charge on any atom is 0.253 e. The monoisotopic (exact) mass is 520 g/mol. The van der Waals surface area contributed by atoms with E-state index in [1.165, 1.54) is 27.6 Å². The van der Waals surface area contributed by atoms with Crippen molar-refractivity contribution in [1.29, 1.82) is 0 Å². The van der Waals surface area contributed by atoms with Crippen LogP contribution in [0.5, 0.6) is 5.75 Å². The van der Waals surface area contributed by atoms with Crippen LogP contribution in [0.1, 0.15) is 73.6 Å². The Balaban J connectivity index is 1.11. The minimum atomic E-state index is -2.70. The molecule has 3 aliphatic rings. The number of benzene rings is 2. The number of aromatic amines is 1. The fourth-order valence-corrected chi connectivity index (χ4v) is 8.40. The van der Waals surface area contributed by atoms with E-state index in [0.717, 1.165) is 31.2 Å². The molecule has 6 rings (SSSR count). The van der Waals surface area contributed by atoms with Gasteiger partial charge in [-0.1, -0.05) is 31.2 Å². The second kappa shape index (κ2) is 9.39.